The van der Waals surface area contributed by atoms with E-state index in [1.807, 2.05) is 0 Å². The zero-order valence-corrected chi connectivity index (χ0v) is 21.5. The van der Waals surface area contributed by atoms with E-state index < -0.39 is 21.4 Å². The average molecular weight is 536 g/mol. The quantitative estimate of drug-likeness (QED) is 0.434. The van der Waals surface area contributed by atoms with E-state index in [4.69, 9.17) is 25.8 Å². The molecule has 12 nitrogen and oxygen atoms in total. The first-order chi connectivity index (χ1) is 17.2. The fraction of sp³-hybridized carbons (Fsp3) is 0.500. The Labute approximate surface area is 213 Å². The van der Waals surface area contributed by atoms with E-state index in [9.17, 15) is 8.42 Å². The van der Waals surface area contributed by atoms with Gasteiger partial charge in [0.2, 0.25) is 21.9 Å². The maximum absolute atomic E-state index is 13.5. The van der Waals surface area contributed by atoms with Crippen LogP contribution in [0.5, 0.6) is 5.88 Å². The Balaban J connectivity index is 1.46. The lowest BCUT2D eigenvalue weighted by molar-refractivity contribution is -0.174. The summed E-state index contributed by atoms with van der Waals surface area (Å²) in [7, 11) is -1.08. The maximum atomic E-state index is 13.5. The Morgan fingerprint density at radius 2 is 1.92 bits per heavy atom. The van der Waals surface area contributed by atoms with Crippen LogP contribution in [0.3, 0.4) is 0 Å². The fourth-order valence-electron chi connectivity index (χ4n) is 4.64. The summed E-state index contributed by atoms with van der Waals surface area (Å²) in [6, 6.07) is 5.29. The number of nitrogens with one attached hydrogen (secondary N) is 1. The third-order valence-corrected chi connectivity index (χ3v) is 8.56. The topological polar surface area (TPSA) is 143 Å². The number of nitrogens with zero attached hydrogens (tertiary/aromatic N) is 6. The molecular weight excluding hydrogens is 510 g/mol. The molecule has 1 saturated carbocycles. The number of hydrogen-bond acceptors (Lipinski definition) is 10. The number of sulfonamides is 1. The van der Waals surface area contributed by atoms with Crippen molar-refractivity contribution in [2.75, 3.05) is 32.2 Å². The highest BCUT2D eigenvalue weighted by molar-refractivity contribution is 7.93. The fourth-order valence-corrected chi connectivity index (χ4v) is 5.88. The molecule has 4 heterocycles. The SMILES string of the molecule is COc1cccc(-c2nnc(NS(=O)(=O)C(C)C(OC)c3ncc(Cl)cn3)n2C2CC3(COC3)C2)n1. The zero-order valence-electron chi connectivity index (χ0n) is 20.0. The second-order valence-corrected chi connectivity index (χ2v) is 11.6. The summed E-state index contributed by atoms with van der Waals surface area (Å²) < 4.78 is 47.4. The molecule has 2 unspecified atom stereocenters. The lowest BCUT2D eigenvalue weighted by Gasteiger charge is -2.53. The van der Waals surface area contributed by atoms with E-state index in [-0.39, 0.29) is 23.2 Å². The molecule has 1 N–H and O–H groups in total. The van der Waals surface area contributed by atoms with Crippen LogP contribution < -0.4 is 9.46 Å². The molecule has 3 aromatic heterocycles. The monoisotopic (exact) mass is 535 g/mol. The van der Waals surface area contributed by atoms with Crippen molar-refractivity contribution >= 4 is 27.6 Å². The van der Waals surface area contributed by atoms with Crippen LogP contribution in [-0.4, -0.2) is 70.8 Å². The highest BCUT2D eigenvalue weighted by atomic mass is 35.5. The molecule has 2 fully saturated rings. The van der Waals surface area contributed by atoms with E-state index in [1.165, 1.54) is 33.5 Å². The lowest BCUT2D eigenvalue weighted by Crippen LogP contribution is -2.52. The summed E-state index contributed by atoms with van der Waals surface area (Å²) >= 11 is 5.87. The second-order valence-electron chi connectivity index (χ2n) is 9.11. The van der Waals surface area contributed by atoms with Gasteiger partial charge < -0.3 is 14.2 Å². The van der Waals surface area contributed by atoms with Gasteiger partial charge in [0.1, 0.15) is 17.0 Å². The number of methoxy groups -OCH3 is 2. The molecule has 0 bridgehead atoms. The van der Waals surface area contributed by atoms with Crippen LogP contribution in [0.1, 0.15) is 37.7 Å². The van der Waals surface area contributed by atoms with Gasteiger partial charge in [-0.25, -0.2) is 23.4 Å². The molecule has 1 spiro atoms. The second kappa shape index (κ2) is 9.54. The normalized spacial score (nSPS) is 18.8. The van der Waals surface area contributed by atoms with Crippen LogP contribution in [0.15, 0.2) is 30.6 Å². The highest BCUT2D eigenvalue weighted by Crippen LogP contribution is 2.54. The van der Waals surface area contributed by atoms with E-state index >= 15 is 0 Å². The van der Waals surface area contributed by atoms with Crippen molar-refractivity contribution in [3.05, 3.63) is 41.4 Å². The van der Waals surface area contributed by atoms with Gasteiger partial charge in [0, 0.05) is 37.0 Å². The molecule has 2 aliphatic rings. The number of hydrogen-bond donors (Lipinski definition) is 1. The number of rotatable bonds is 9. The molecule has 0 amide bonds. The largest absolute Gasteiger partial charge is 0.481 e. The number of anilines is 1. The van der Waals surface area contributed by atoms with Crippen molar-refractivity contribution in [1.82, 2.24) is 29.7 Å². The van der Waals surface area contributed by atoms with Gasteiger partial charge in [0.25, 0.3) is 0 Å². The van der Waals surface area contributed by atoms with Crippen LogP contribution >= 0.6 is 11.6 Å². The summed E-state index contributed by atoms with van der Waals surface area (Å²) in [5.74, 6) is 1.17. The van der Waals surface area contributed by atoms with Gasteiger partial charge in [0.05, 0.1) is 25.3 Å². The molecule has 192 valence electrons. The molecule has 2 atom stereocenters. The van der Waals surface area contributed by atoms with Crippen molar-refractivity contribution in [3.8, 4) is 17.4 Å². The van der Waals surface area contributed by atoms with Crippen LogP contribution in [0.4, 0.5) is 5.95 Å². The predicted molar refractivity (Wildman–Crippen MR) is 130 cm³/mol. The Kier molecular flexibility index (Phi) is 6.57. The van der Waals surface area contributed by atoms with Crippen molar-refractivity contribution < 1.29 is 22.6 Å². The summed E-state index contributed by atoms with van der Waals surface area (Å²) in [6.07, 6.45) is 3.50. The third kappa shape index (κ3) is 4.51. The van der Waals surface area contributed by atoms with E-state index in [1.54, 1.807) is 22.8 Å². The van der Waals surface area contributed by atoms with E-state index in [2.05, 4.69) is 29.9 Å². The maximum Gasteiger partial charge on any atom is 0.240 e. The van der Waals surface area contributed by atoms with Gasteiger partial charge in [-0.3, -0.25) is 9.29 Å². The van der Waals surface area contributed by atoms with Crippen molar-refractivity contribution in [1.29, 1.82) is 0 Å². The lowest BCUT2D eigenvalue weighted by atomic mass is 9.64. The highest BCUT2D eigenvalue weighted by Gasteiger charge is 2.51. The smallest absolute Gasteiger partial charge is 0.240 e. The number of halogens is 1. The van der Waals surface area contributed by atoms with Crippen molar-refractivity contribution in [3.63, 3.8) is 0 Å². The molecule has 1 saturated heterocycles. The molecule has 0 radical (unpaired) electrons. The van der Waals surface area contributed by atoms with Crippen LogP contribution in [0.2, 0.25) is 5.02 Å². The minimum atomic E-state index is -4.01. The van der Waals surface area contributed by atoms with Gasteiger partial charge in [-0.1, -0.05) is 17.7 Å². The molecule has 0 aromatic carbocycles. The Morgan fingerprint density at radius 1 is 1.19 bits per heavy atom. The van der Waals surface area contributed by atoms with Gasteiger partial charge in [-0.2, -0.15) is 0 Å². The first-order valence-electron chi connectivity index (χ1n) is 11.3. The van der Waals surface area contributed by atoms with Crippen LogP contribution in [-0.2, 0) is 19.5 Å². The Morgan fingerprint density at radius 3 is 2.53 bits per heavy atom. The average Bonchev–Trinajstić information content (AvgIpc) is 3.21. The van der Waals surface area contributed by atoms with Crippen molar-refractivity contribution in [2.24, 2.45) is 5.41 Å². The minimum absolute atomic E-state index is 0.0160. The van der Waals surface area contributed by atoms with Gasteiger partial charge in [-0.15, -0.1) is 10.2 Å². The molecule has 5 rings (SSSR count). The molecular formula is C22H26ClN7O5S. The van der Waals surface area contributed by atoms with E-state index in [0.717, 1.165) is 12.8 Å². The molecule has 14 heteroatoms. The third-order valence-electron chi connectivity index (χ3n) is 6.67. The summed E-state index contributed by atoms with van der Waals surface area (Å²) in [6.45, 7) is 2.92. The summed E-state index contributed by atoms with van der Waals surface area (Å²) in [4.78, 5) is 12.7. The summed E-state index contributed by atoms with van der Waals surface area (Å²) in [5.41, 5.74) is 0.653. The number of ether oxygens (including phenoxy) is 3. The molecule has 1 aliphatic carbocycles. The molecule has 1 aliphatic heterocycles. The number of pyridine rings is 1. The predicted octanol–water partition coefficient (Wildman–Crippen LogP) is 2.66. The van der Waals surface area contributed by atoms with Crippen molar-refractivity contribution in [2.45, 2.75) is 37.2 Å². The Hall–Kier alpha value is -2.87. The molecule has 36 heavy (non-hydrogen) atoms. The van der Waals surface area contributed by atoms with E-state index in [0.29, 0.717) is 35.6 Å². The summed E-state index contributed by atoms with van der Waals surface area (Å²) in [5, 5.41) is 7.78. The van der Waals surface area contributed by atoms with Gasteiger partial charge in [-0.05, 0) is 25.8 Å². The van der Waals surface area contributed by atoms with Gasteiger partial charge in [0.15, 0.2) is 11.6 Å². The molecule has 3 aromatic rings. The first-order valence-corrected chi connectivity index (χ1v) is 13.2. The van der Waals surface area contributed by atoms with Gasteiger partial charge >= 0.3 is 0 Å². The number of aromatic nitrogens is 6. The van der Waals surface area contributed by atoms with Crippen LogP contribution in [0, 0.1) is 5.41 Å². The minimum Gasteiger partial charge on any atom is -0.481 e. The van der Waals surface area contributed by atoms with Crippen LogP contribution in [0.25, 0.3) is 11.5 Å². The standard InChI is InChI=1S/C22H26ClN7O5S/c1-13(18(34-3)19-24-9-14(23)10-25-19)36(31,32)29-21-28-27-20(16-5-4-6-17(26-16)33-2)30(21)15-7-22(8-15)11-35-12-22/h4-6,9-10,13,15,18H,7-8,11-12H2,1-3H3,(H,28,29). The Bertz CT molecular complexity index is 1340. The first kappa shape index (κ1) is 24.8. The zero-order chi connectivity index (χ0) is 25.5.